The average Bonchev–Trinajstić information content (AvgIpc) is 2.29. The van der Waals surface area contributed by atoms with Gasteiger partial charge in [0.25, 0.3) is 5.56 Å². The van der Waals surface area contributed by atoms with Crippen molar-refractivity contribution in [1.29, 1.82) is 0 Å². The van der Waals surface area contributed by atoms with Crippen molar-refractivity contribution in [2.45, 2.75) is 0 Å². The smallest absolute Gasteiger partial charge is 0.257 e. The van der Waals surface area contributed by atoms with Crippen LogP contribution in [0.1, 0.15) is 0 Å². The average molecular weight is 216 g/mol. The molecule has 0 saturated carbocycles. The van der Waals surface area contributed by atoms with Gasteiger partial charge in [0.1, 0.15) is 5.75 Å². The zero-order valence-electron chi connectivity index (χ0n) is 8.88. The SMILES string of the molecule is COc1ccc(-n2ccc(N)cc2=O)cc1. The van der Waals surface area contributed by atoms with Crippen molar-refractivity contribution >= 4 is 5.69 Å². The Kier molecular flexibility index (Phi) is 2.64. The van der Waals surface area contributed by atoms with Gasteiger partial charge < -0.3 is 10.5 Å². The molecule has 0 spiro atoms. The molecule has 2 rings (SSSR count). The van der Waals surface area contributed by atoms with Gasteiger partial charge in [-0.1, -0.05) is 0 Å². The predicted octanol–water partition coefficient (Wildman–Crippen LogP) is 1.43. The summed E-state index contributed by atoms with van der Waals surface area (Å²) in [6.07, 6.45) is 1.65. The highest BCUT2D eigenvalue weighted by Crippen LogP contribution is 2.13. The van der Waals surface area contributed by atoms with E-state index in [2.05, 4.69) is 0 Å². The zero-order chi connectivity index (χ0) is 11.5. The quantitative estimate of drug-likeness (QED) is 0.826. The molecule has 2 N–H and O–H groups in total. The van der Waals surface area contributed by atoms with Gasteiger partial charge in [0, 0.05) is 23.6 Å². The Morgan fingerprint density at radius 1 is 1.19 bits per heavy atom. The molecule has 2 aromatic rings. The van der Waals surface area contributed by atoms with Gasteiger partial charge in [0.2, 0.25) is 0 Å². The Hall–Kier alpha value is -2.23. The molecule has 0 aliphatic rings. The van der Waals surface area contributed by atoms with Crippen LogP contribution in [0.2, 0.25) is 0 Å². The first-order valence-electron chi connectivity index (χ1n) is 4.83. The van der Waals surface area contributed by atoms with Gasteiger partial charge in [-0.05, 0) is 30.3 Å². The minimum atomic E-state index is -0.148. The topological polar surface area (TPSA) is 57.2 Å². The molecule has 0 bridgehead atoms. The lowest BCUT2D eigenvalue weighted by Crippen LogP contribution is -2.16. The number of rotatable bonds is 2. The lowest BCUT2D eigenvalue weighted by atomic mass is 10.3. The van der Waals surface area contributed by atoms with Gasteiger partial charge in [-0.2, -0.15) is 0 Å². The third-order valence-electron chi connectivity index (χ3n) is 2.29. The molecule has 0 aliphatic heterocycles. The van der Waals surface area contributed by atoms with Crippen LogP contribution >= 0.6 is 0 Å². The van der Waals surface area contributed by atoms with Crippen LogP contribution in [0.25, 0.3) is 5.69 Å². The van der Waals surface area contributed by atoms with Crippen molar-refractivity contribution in [1.82, 2.24) is 4.57 Å². The molecule has 0 fully saturated rings. The van der Waals surface area contributed by atoms with E-state index in [1.54, 1.807) is 31.5 Å². The molecule has 16 heavy (non-hydrogen) atoms. The van der Waals surface area contributed by atoms with Crippen molar-refractivity contribution < 1.29 is 4.74 Å². The van der Waals surface area contributed by atoms with E-state index in [0.717, 1.165) is 11.4 Å². The number of hydrogen-bond acceptors (Lipinski definition) is 3. The number of nitrogens with zero attached hydrogens (tertiary/aromatic N) is 1. The summed E-state index contributed by atoms with van der Waals surface area (Å²) >= 11 is 0. The minimum absolute atomic E-state index is 0.148. The highest BCUT2D eigenvalue weighted by Gasteiger charge is 1.99. The molecular weight excluding hydrogens is 204 g/mol. The third kappa shape index (κ3) is 1.91. The lowest BCUT2D eigenvalue weighted by molar-refractivity contribution is 0.414. The number of aromatic nitrogens is 1. The molecule has 0 amide bonds. The Labute approximate surface area is 92.9 Å². The van der Waals surface area contributed by atoms with Crippen LogP contribution in [0.3, 0.4) is 0 Å². The predicted molar refractivity (Wildman–Crippen MR) is 63.0 cm³/mol. The van der Waals surface area contributed by atoms with Crippen LogP contribution in [-0.2, 0) is 0 Å². The molecule has 1 aromatic carbocycles. The summed E-state index contributed by atoms with van der Waals surface area (Å²) < 4.78 is 6.57. The molecule has 0 saturated heterocycles. The maximum absolute atomic E-state index is 11.6. The first-order valence-corrected chi connectivity index (χ1v) is 4.83. The zero-order valence-corrected chi connectivity index (χ0v) is 8.88. The first kappa shape index (κ1) is 10.3. The van der Waals surface area contributed by atoms with Crippen molar-refractivity contribution in [3.05, 3.63) is 52.9 Å². The van der Waals surface area contributed by atoms with Crippen molar-refractivity contribution in [2.75, 3.05) is 12.8 Å². The summed E-state index contributed by atoms with van der Waals surface area (Å²) in [6, 6.07) is 10.3. The van der Waals surface area contributed by atoms with Crippen molar-refractivity contribution in [2.24, 2.45) is 0 Å². The number of hydrogen-bond donors (Lipinski definition) is 1. The third-order valence-corrected chi connectivity index (χ3v) is 2.29. The number of pyridine rings is 1. The number of benzene rings is 1. The molecular formula is C12H12N2O2. The van der Waals surface area contributed by atoms with E-state index < -0.39 is 0 Å². The second-order valence-corrected chi connectivity index (χ2v) is 3.37. The van der Waals surface area contributed by atoms with E-state index in [-0.39, 0.29) is 5.56 Å². The van der Waals surface area contributed by atoms with Crippen LogP contribution in [0.15, 0.2) is 47.4 Å². The molecule has 0 atom stereocenters. The van der Waals surface area contributed by atoms with E-state index >= 15 is 0 Å². The Morgan fingerprint density at radius 2 is 1.88 bits per heavy atom. The van der Waals surface area contributed by atoms with Crippen molar-refractivity contribution in [3.8, 4) is 11.4 Å². The fourth-order valence-electron chi connectivity index (χ4n) is 1.45. The number of ether oxygens (including phenoxy) is 1. The first-order chi connectivity index (χ1) is 7.70. The second kappa shape index (κ2) is 4.10. The fourth-order valence-corrected chi connectivity index (χ4v) is 1.45. The summed E-state index contributed by atoms with van der Waals surface area (Å²) in [6.45, 7) is 0. The number of methoxy groups -OCH3 is 1. The number of anilines is 1. The number of nitrogens with two attached hydrogens (primary N) is 1. The highest BCUT2D eigenvalue weighted by atomic mass is 16.5. The van der Waals surface area contributed by atoms with Gasteiger partial charge in [0.15, 0.2) is 0 Å². The van der Waals surface area contributed by atoms with Crippen LogP contribution in [0.4, 0.5) is 5.69 Å². The maximum Gasteiger partial charge on any atom is 0.257 e. The molecule has 4 heteroatoms. The maximum atomic E-state index is 11.6. The summed E-state index contributed by atoms with van der Waals surface area (Å²) in [5.41, 5.74) is 6.62. The summed E-state index contributed by atoms with van der Waals surface area (Å²) in [7, 11) is 1.60. The largest absolute Gasteiger partial charge is 0.497 e. The molecule has 0 aliphatic carbocycles. The van der Waals surface area contributed by atoms with E-state index in [9.17, 15) is 4.79 Å². The van der Waals surface area contributed by atoms with Gasteiger partial charge in [0.05, 0.1) is 7.11 Å². The van der Waals surface area contributed by atoms with Gasteiger partial charge in [-0.3, -0.25) is 9.36 Å². The van der Waals surface area contributed by atoms with Crippen LogP contribution in [-0.4, -0.2) is 11.7 Å². The van der Waals surface area contributed by atoms with E-state index in [1.807, 2.05) is 12.1 Å². The summed E-state index contributed by atoms with van der Waals surface area (Å²) in [4.78, 5) is 11.6. The summed E-state index contributed by atoms with van der Waals surface area (Å²) in [5, 5.41) is 0. The highest BCUT2D eigenvalue weighted by molar-refractivity contribution is 5.41. The summed E-state index contributed by atoms with van der Waals surface area (Å²) in [5.74, 6) is 0.757. The molecule has 0 radical (unpaired) electrons. The van der Waals surface area contributed by atoms with E-state index in [0.29, 0.717) is 5.69 Å². The minimum Gasteiger partial charge on any atom is -0.497 e. The van der Waals surface area contributed by atoms with E-state index in [1.165, 1.54) is 10.6 Å². The molecule has 82 valence electrons. The molecule has 1 aromatic heterocycles. The van der Waals surface area contributed by atoms with Crippen molar-refractivity contribution in [3.63, 3.8) is 0 Å². The molecule has 0 unspecified atom stereocenters. The molecule has 4 nitrogen and oxygen atoms in total. The Morgan fingerprint density at radius 3 is 2.44 bits per heavy atom. The number of nitrogen functional groups attached to an aromatic ring is 1. The van der Waals surface area contributed by atoms with Gasteiger partial charge in [-0.15, -0.1) is 0 Å². The van der Waals surface area contributed by atoms with Crippen LogP contribution in [0, 0.1) is 0 Å². The van der Waals surface area contributed by atoms with Gasteiger partial charge in [-0.25, -0.2) is 0 Å². The Bertz CT molecular complexity index is 544. The standard InChI is InChI=1S/C12H12N2O2/c1-16-11-4-2-10(3-5-11)14-7-6-9(13)8-12(14)15/h2-8H,13H2,1H3. The van der Waals surface area contributed by atoms with Crippen LogP contribution in [0.5, 0.6) is 5.75 Å². The fraction of sp³-hybridized carbons (Fsp3) is 0.0833. The Balaban J connectivity index is 2.46. The van der Waals surface area contributed by atoms with Gasteiger partial charge >= 0.3 is 0 Å². The second-order valence-electron chi connectivity index (χ2n) is 3.37. The van der Waals surface area contributed by atoms with Crippen LogP contribution < -0.4 is 16.0 Å². The lowest BCUT2D eigenvalue weighted by Gasteiger charge is -2.06. The monoisotopic (exact) mass is 216 g/mol. The molecule has 1 heterocycles. The normalized spacial score (nSPS) is 10.1. The van der Waals surface area contributed by atoms with E-state index in [4.69, 9.17) is 10.5 Å².